The second-order valence-electron chi connectivity index (χ2n) is 5.42. The van der Waals surface area contributed by atoms with Crippen LogP contribution in [0.3, 0.4) is 0 Å². The van der Waals surface area contributed by atoms with Gasteiger partial charge in [0.1, 0.15) is 5.84 Å². The van der Waals surface area contributed by atoms with Gasteiger partial charge in [0.05, 0.1) is 0 Å². The lowest BCUT2D eigenvalue weighted by molar-refractivity contribution is 0.456. The van der Waals surface area contributed by atoms with Crippen molar-refractivity contribution in [2.45, 2.75) is 32.6 Å². The number of nitrogens with zero attached hydrogens (tertiary/aromatic N) is 1. The molecule has 3 aliphatic carbocycles. The van der Waals surface area contributed by atoms with Crippen LogP contribution < -0.4 is 11.3 Å². The molecule has 3 aliphatic rings. The second-order valence-corrected chi connectivity index (χ2v) is 5.42. The van der Waals surface area contributed by atoms with Gasteiger partial charge in [-0.25, -0.2) is 5.84 Å². The molecule has 0 spiro atoms. The van der Waals surface area contributed by atoms with E-state index in [0.717, 1.165) is 42.5 Å². The number of rotatable bonds is 3. The normalized spacial score (nSPS) is 46.8. The van der Waals surface area contributed by atoms with Crippen LogP contribution in [0.25, 0.3) is 0 Å². The van der Waals surface area contributed by atoms with Crippen molar-refractivity contribution in [3.8, 4) is 0 Å². The zero-order valence-corrected chi connectivity index (χ0v) is 9.45. The first-order valence-corrected chi connectivity index (χ1v) is 6.37. The minimum Gasteiger partial charge on any atom is -0.312 e. The lowest BCUT2D eigenvalue weighted by atomic mass is 10.0. The van der Waals surface area contributed by atoms with Gasteiger partial charge in [0.15, 0.2) is 0 Å². The maximum atomic E-state index is 5.59. The highest BCUT2D eigenvalue weighted by atomic mass is 15.3. The number of amidine groups is 1. The van der Waals surface area contributed by atoms with E-state index in [1.54, 1.807) is 0 Å². The van der Waals surface area contributed by atoms with Gasteiger partial charge in [-0.05, 0) is 49.4 Å². The Labute approximate surface area is 91.5 Å². The van der Waals surface area contributed by atoms with Gasteiger partial charge in [0.25, 0.3) is 0 Å². The molecule has 15 heavy (non-hydrogen) atoms. The molecule has 3 saturated carbocycles. The third-order valence-electron chi connectivity index (χ3n) is 4.70. The first-order valence-electron chi connectivity index (χ1n) is 6.37. The van der Waals surface area contributed by atoms with Crippen LogP contribution in [0.2, 0.25) is 0 Å². The molecule has 4 atom stereocenters. The quantitative estimate of drug-likeness (QED) is 0.319. The molecule has 3 N–H and O–H groups in total. The number of nitrogens with one attached hydrogen (secondary N) is 1. The number of aliphatic imine (C=N–C) groups is 1. The summed E-state index contributed by atoms with van der Waals surface area (Å²) in [5.74, 6) is 11.3. The second kappa shape index (κ2) is 3.48. The minimum atomic E-state index is 0.702. The van der Waals surface area contributed by atoms with Crippen molar-refractivity contribution in [1.29, 1.82) is 0 Å². The fraction of sp³-hybridized carbons (Fsp3) is 0.917. The van der Waals surface area contributed by atoms with Crippen LogP contribution in [0, 0.1) is 29.6 Å². The van der Waals surface area contributed by atoms with Gasteiger partial charge in [-0.2, -0.15) is 0 Å². The highest BCUT2D eigenvalue weighted by molar-refractivity contribution is 5.87. The number of hydrogen-bond acceptors (Lipinski definition) is 2. The molecule has 3 rings (SSSR count). The Kier molecular flexibility index (Phi) is 2.23. The van der Waals surface area contributed by atoms with Crippen molar-refractivity contribution >= 4 is 5.84 Å². The van der Waals surface area contributed by atoms with Gasteiger partial charge in [-0.15, -0.1) is 0 Å². The molecule has 3 heteroatoms. The fourth-order valence-electron chi connectivity index (χ4n) is 4.17. The number of hydrogen-bond donors (Lipinski definition) is 2. The van der Waals surface area contributed by atoms with Gasteiger partial charge >= 0.3 is 0 Å². The first kappa shape index (κ1) is 9.64. The van der Waals surface area contributed by atoms with Crippen LogP contribution >= 0.6 is 0 Å². The summed E-state index contributed by atoms with van der Waals surface area (Å²) >= 11 is 0. The Bertz CT molecular complexity index is 271. The summed E-state index contributed by atoms with van der Waals surface area (Å²) in [6.07, 6.45) is 5.54. The molecule has 2 bridgehead atoms. The molecule has 0 aromatic carbocycles. The van der Waals surface area contributed by atoms with Crippen LogP contribution in [0.4, 0.5) is 0 Å². The van der Waals surface area contributed by atoms with Gasteiger partial charge in [0, 0.05) is 12.5 Å². The Hall–Kier alpha value is -0.570. The molecule has 3 fully saturated rings. The van der Waals surface area contributed by atoms with E-state index in [0.29, 0.717) is 5.92 Å². The van der Waals surface area contributed by atoms with Gasteiger partial charge in [0.2, 0.25) is 0 Å². The van der Waals surface area contributed by atoms with Crippen molar-refractivity contribution in [3.63, 3.8) is 0 Å². The zero-order chi connectivity index (χ0) is 10.4. The average molecular weight is 207 g/mol. The zero-order valence-electron chi connectivity index (χ0n) is 9.45. The molecule has 0 radical (unpaired) electrons. The Morgan fingerprint density at radius 1 is 1.33 bits per heavy atom. The summed E-state index contributed by atoms with van der Waals surface area (Å²) in [6, 6.07) is 0. The average Bonchev–Trinajstić information content (AvgIpc) is 2.70. The van der Waals surface area contributed by atoms with Gasteiger partial charge in [-0.1, -0.05) is 6.92 Å². The van der Waals surface area contributed by atoms with Crippen molar-refractivity contribution in [2.24, 2.45) is 40.4 Å². The van der Waals surface area contributed by atoms with E-state index in [-0.39, 0.29) is 0 Å². The number of hydrazine groups is 1. The molecule has 0 amide bonds. The highest BCUT2D eigenvalue weighted by Crippen LogP contribution is 2.69. The Morgan fingerprint density at radius 3 is 2.53 bits per heavy atom. The van der Waals surface area contributed by atoms with Crippen molar-refractivity contribution in [3.05, 3.63) is 0 Å². The van der Waals surface area contributed by atoms with Crippen LogP contribution in [0.15, 0.2) is 4.99 Å². The van der Waals surface area contributed by atoms with E-state index in [9.17, 15) is 0 Å². The van der Waals surface area contributed by atoms with Crippen molar-refractivity contribution < 1.29 is 0 Å². The minimum absolute atomic E-state index is 0.702. The number of nitrogens with two attached hydrogens (primary N) is 1. The summed E-state index contributed by atoms with van der Waals surface area (Å²) in [4.78, 5) is 4.58. The van der Waals surface area contributed by atoms with Crippen LogP contribution in [-0.2, 0) is 0 Å². The highest BCUT2D eigenvalue weighted by Gasteiger charge is 2.66. The lowest BCUT2D eigenvalue weighted by Gasteiger charge is -2.10. The topological polar surface area (TPSA) is 50.4 Å². The maximum Gasteiger partial charge on any atom is 0.114 e. The number of fused-ring (bicyclic) bond motifs is 5. The van der Waals surface area contributed by atoms with E-state index in [1.807, 2.05) is 0 Å². The SMILES string of the molecule is CCCN=C(NN)C1C2C3CCC(C3)C12. The molecule has 0 aliphatic heterocycles. The van der Waals surface area contributed by atoms with Crippen LogP contribution in [0.1, 0.15) is 32.6 Å². The summed E-state index contributed by atoms with van der Waals surface area (Å²) in [7, 11) is 0. The summed E-state index contributed by atoms with van der Waals surface area (Å²) in [5, 5.41) is 0. The van der Waals surface area contributed by atoms with Crippen LogP contribution in [0.5, 0.6) is 0 Å². The van der Waals surface area contributed by atoms with Gasteiger partial charge in [-0.3, -0.25) is 4.99 Å². The van der Waals surface area contributed by atoms with Crippen LogP contribution in [-0.4, -0.2) is 12.4 Å². The molecule has 0 aromatic heterocycles. The molecule has 0 saturated heterocycles. The maximum absolute atomic E-state index is 5.59. The molecule has 4 unspecified atom stereocenters. The molecule has 0 aromatic rings. The predicted octanol–water partition coefficient (Wildman–Crippen LogP) is 1.55. The molecular weight excluding hydrogens is 186 g/mol. The van der Waals surface area contributed by atoms with Gasteiger partial charge < -0.3 is 5.43 Å². The monoisotopic (exact) mass is 207 g/mol. The smallest absolute Gasteiger partial charge is 0.114 e. The van der Waals surface area contributed by atoms with E-state index in [1.165, 1.54) is 19.3 Å². The summed E-state index contributed by atoms with van der Waals surface area (Å²) < 4.78 is 0. The fourth-order valence-corrected chi connectivity index (χ4v) is 4.17. The largest absolute Gasteiger partial charge is 0.312 e. The van der Waals surface area contributed by atoms with Crippen molar-refractivity contribution in [2.75, 3.05) is 6.54 Å². The Morgan fingerprint density at radius 2 is 2.00 bits per heavy atom. The summed E-state index contributed by atoms with van der Waals surface area (Å²) in [6.45, 7) is 3.08. The van der Waals surface area contributed by atoms with E-state index in [4.69, 9.17) is 5.84 Å². The molecule has 0 heterocycles. The molecule has 3 nitrogen and oxygen atoms in total. The predicted molar refractivity (Wildman–Crippen MR) is 61.2 cm³/mol. The first-order chi connectivity index (χ1) is 7.36. The van der Waals surface area contributed by atoms with E-state index >= 15 is 0 Å². The molecular formula is C12H21N3. The van der Waals surface area contributed by atoms with Crippen molar-refractivity contribution in [1.82, 2.24) is 5.43 Å². The third-order valence-corrected chi connectivity index (χ3v) is 4.70. The standard InChI is InChI=1S/C12H21N3/c1-2-5-14-12(15-13)11-9-7-3-4-8(6-7)10(9)11/h7-11H,2-6,13H2,1H3,(H,14,15). The van der Waals surface area contributed by atoms with E-state index in [2.05, 4.69) is 17.3 Å². The Balaban J connectivity index is 1.70. The third kappa shape index (κ3) is 1.32. The lowest BCUT2D eigenvalue weighted by Crippen LogP contribution is -2.34. The molecule has 84 valence electrons. The summed E-state index contributed by atoms with van der Waals surface area (Å²) in [5.41, 5.74) is 2.85. The van der Waals surface area contributed by atoms with E-state index < -0.39 is 0 Å².